The van der Waals surface area contributed by atoms with Gasteiger partial charge in [0, 0.05) is 11.8 Å². The highest BCUT2D eigenvalue weighted by Gasteiger charge is 2.48. The summed E-state index contributed by atoms with van der Waals surface area (Å²) in [5.74, 6) is -1.79. The summed E-state index contributed by atoms with van der Waals surface area (Å²) in [6.07, 6.45) is 19.4. The number of aliphatic carboxylic acids is 2. The van der Waals surface area contributed by atoms with E-state index in [4.69, 9.17) is 5.11 Å². The zero-order valence-corrected chi connectivity index (χ0v) is 22.8. The Hall–Kier alpha value is -1.39. The maximum atomic E-state index is 13.3. The predicted molar refractivity (Wildman–Crippen MR) is 140 cm³/mol. The van der Waals surface area contributed by atoms with Crippen LogP contribution in [0.1, 0.15) is 156 Å². The van der Waals surface area contributed by atoms with Crippen molar-refractivity contribution in [3.63, 3.8) is 0 Å². The molecule has 34 heavy (non-hydrogen) atoms. The molecule has 5 heteroatoms. The van der Waals surface area contributed by atoms with Crippen molar-refractivity contribution in [2.75, 3.05) is 0 Å². The van der Waals surface area contributed by atoms with Crippen molar-refractivity contribution in [2.45, 2.75) is 156 Å². The molecule has 200 valence electrons. The molecule has 0 fully saturated rings. The maximum absolute atomic E-state index is 13.3. The molecular formula is C29H54O5. The molecular weight excluding hydrogens is 428 g/mol. The Morgan fingerprint density at radius 2 is 0.912 bits per heavy atom. The van der Waals surface area contributed by atoms with Gasteiger partial charge in [-0.3, -0.25) is 14.4 Å². The van der Waals surface area contributed by atoms with Crippen LogP contribution in [-0.4, -0.2) is 27.9 Å². The molecule has 0 aromatic heterocycles. The highest BCUT2D eigenvalue weighted by atomic mass is 16.4. The van der Waals surface area contributed by atoms with E-state index in [1.165, 1.54) is 38.5 Å². The molecule has 0 saturated heterocycles. The molecule has 0 radical (unpaired) electrons. The molecule has 1 atom stereocenters. The molecule has 0 aliphatic carbocycles. The van der Waals surface area contributed by atoms with Crippen LogP contribution >= 0.6 is 0 Å². The number of carboxylic acids is 2. The lowest BCUT2D eigenvalue weighted by atomic mass is 9.67. The van der Waals surface area contributed by atoms with E-state index in [1.807, 2.05) is 20.8 Å². The Balaban J connectivity index is 4.50. The van der Waals surface area contributed by atoms with Gasteiger partial charge in [-0.1, -0.05) is 130 Å². The van der Waals surface area contributed by atoms with Crippen molar-refractivity contribution in [1.82, 2.24) is 0 Å². The highest BCUT2D eigenvalue weighted by molar-refractivity contribution is 6.05. The van der Waals surface area contributed by atoms with E-state index < -0.39 is 22.8 Å². The standard InChI is InChI=1S/C29H54O5/c1-5-6-7-8-9-11-14-17-20-23-29(27(33)34,26(32)28(2,3)4)24-21-18-15-12-10-13-16-19-22-25(30)31/h5-24H2,1-4H3,(H,30,31)(H,33,34). The first-order valence-electron chi connectivity index (χ1n) is 14.1. The number of ketones is 1. The number of carbonyl (C=O) groups is 3. The van der Waals surface area contributed by atoms with Gasteiger partial charge in [0.15, 0.2) is 5.78 Å². The van der Waals surface area contributed by atoms with Crippen LogP contribution in [0.5, 0.6) is 0 Å². The molecule has 0 heterocycles. The summed E-state index contributed by atoms with van der Waals surface area (Å²) in [6, 6.07) is 0. The van der Waals surface area contributed by atoms with Crippen LogP contribution in [0.3, 0.4) is 0 Å². The van der Waals surface area contributed by atoms with Gasteiger partial charge in [-0.15, -0.1) is 0 Å². The summed E-state index contributed by atoms with van der Waals surface area (Å²) in [5.41, 5.74) is -1.91. The monoisotopic (exact) mass is 482 g/mol. The lowest BCUT2D eigenvalue weighted by molar-refractivity contribution is -0.160. The van der Waals surface area contributed by atoms with Crippen LogP contribution in [-0.2, 0) is 14.4 Å². The van der Waals surface area contributed by atoms with E-state index in [9.17, 15) is 19.5 Å². The fraction of sp³-hybridized carbons (Fsp3) is 0.897. The summed E-state index contributed by atoms with van der Waals surface area (Å²) >= 11 is 0. The van der Waals surface area contributed by atoms with E-state index in [0.717, 1.165) is 70.6 Å². The zero-order valence-electron chi connectivity index (χ0n) is 22.8. The summed E-state index contributed by atoms with van der Waals surface area (Å²) in [6.45, 7) is 7.75. The number of Topliss-reactive ketones (excluding diaryl/α,β-unsaturated/α-hetero) is 1. The van der Waals surface area contributed by atoms with Gasteiger partial charge >= 0.3 is 11.9 Å². The zero-order chi connectivity index (χ0) is 25.9. The molecule has 0 aromatic rings. The molecule has 1 unspecified atom stereocenters. The van der Waals surface area contributed by atoms with Crippen LogP contribution in [0, 0.1) is 10.8 Å². The second-order valence-electron chi connectivity index (χ2n) is 11.3. The lowest BCUT2D eigenvalue weighted by Crippen LogP contribution is -2.45. The Labute approximate surface area is 209 Å². The molecule has 0 aliphatic rings. The van der Waals surface area contributed by atoms with E-state index in [0.29, 0.717) is 12.8 Å². The average molecular weight is 483 g/mol. The predicted octanol–water partition coefficient (Wildman–Crippen LogP) is 8.58. The SMILES string of the molecule is CCCCCCCCCCCC(CCCCCCCCCCC(=O)O)(C(=O)O)C(=O)C(C)(C)C. The van der Waals surface area contributed by atoms with Crippen LogP contribution in [0.25, 0.3) is 0 Å². The number of rotatable bonds is 23. The van der Waals surface area contributed by atoms with Gasteiger partial charge in [0.25, 0.3) is 0 Å². The number of hydrogen-bond donors (Lipinski definition) is 2. The van der Waals surface area contributed by atoms with Crippen LogP contribution in [0.2, 0.25) is 0 Å². The highest BCUT2D eigenvalue weighted by Crippen LogP contribution is 2.39. The largest absolute Gasteiger partial charge is 0.481 e. The van der Waals surface area contributed by atoms with Crippen molar-refractivity contribution in [2.24, 2.45) is 10.8 Å². The van der Waals surface area contributed by atoms with Crippen LogP contribution in [0.15, 0.2) is 0 Å². The minimum absolute atomic E-state index is 0.120. The van der Waals surface area contributed by atoms with Crippen molar-refractivity contribution in [3.8, 4) is 0 Å². The fourth-order valence-corrected chi connectivity index (χ4v) is 4.88. The smallest absolute Gasteiger partial charge is 0.317 e. The summed E-state index contributed by atoms with van der Waals surface area (Å²) in [5, 5.41) is 18.8. The minimum Gasteiger partial charge on any atom is -0.481 e. The van der Waals surface area contributed by atoms with Gasteiger partial charge in [0.2, 0.25) is 0 Å². The first-order valence-corrected chi connectivity index (χ1v) is 14.1. The molecule has 5 nitrogen and oxygen atoms in total. The summed E-state index contributed by atoms with van der Waals surface area (Å²) in [4.78, 5) is 36.3. The third-order valence-electron chi connectivity index (χ3n) is 6.98. The first-order chi connectivity index (χ1) is 16.1. The van der Waals surface area contributed by atoms with Crippen molar-refractivity contribution in [1.29, 1.82) is 0 Å². The molecule has 0 rings (SSSR count). The average Bonchev–Trinajstić information content (AvgIpc) is 2.76. The number of carboxylic acid groups (broad SMARTS) is 2. The fourth-order valence-electron chi connectivity index (χ4n) is 4.88. The van der Waals surface area contributed by atoms with Gasteiger partial charge in [-0.25, -0.2) is 0 Å². The van der Waals surface area contributed by atoms with E-state index in [-0.39, 0.29) is 12.2 Å². The lowest BCUT2D eigenvalue weighted by Gasteiger charge is -2.34. The number of carbonyl (C=O) groups excluding carboxylic acids is 1. The Kier molecular flexibility index (Phi) is 18.1. The normalized spacial score (nSPS) is 13.5. The van der Waals surface area contributed by atoms with E-state index in [1.54, 1.807) is 0 Å². The summed E-state index contributed by atoms with van der Waals surface area (Å²) < 4.78 is 0. The topological polar surface area (TPSA) is 91.7 Å². The number of hydrogen-bond acceptors (Lipinski definition) is 3. The Bertz CT molecular complexity index is 563. The van der Waals surface area contributed by atoms with Crippen LogP contribution in [0.4, 0.5) is 0 Å². The maximum Gasteiger partial charge on any atom is 0.317 e. The van der Waals surface area contributed by atoms with Gasteiger partial charge in [-0.05, 0) is 19.3 Å². The minimum atomic E-state index is -1.25. The molecule has 0 aromatic carbocycles. The third kappa shape index (κ3) is 14.8. The van der Waals surface area contributed by atoms with Crippen molar-refractivity contribution < 1.29 is 24.6 Å². The summed E-state index contributed by atoms with van der Waals surface area (Å²) in [7, 11) is 0. The van der Waals surface area contributed by atoms with Gasteiger partial charge in [-0.2, -0.15) is 0 Å². The van der Waals surface area contributed by atoms with Crippen molar-refractivity contribution >= 4 is 17.7 Å². The first kappa shape index (κ1) is 32.6. The molecule has 0 bridgehead atoms. The molecule has 0 aliphatic heterocycles. The van der Waals surface area contributed by atoms with E-state index in [2.05, 4.69) is 6.92 Å². The molecule has 0 amide bonds. The second-order valence-corrected chi connectivity index (χ2v) is 11.3. The molecule has 2 N–H and O–H groups in total. The van der Waals surface area contributed by atoms with Crippen molar-refractivity contribution in [3.05, 3.63) is 0 Å². The second kappa shape index (κ2) is 18.9. The van der Waals surface area contributed by atoms with Gasteiger partial charge in [0.1, 0.15) is 5.41 Å². The Morgan fingerprint density at radius 1 is 0.559 bits per heavy atom. The Morgan fingerprint density at radius 3 is 1.24 bits per heavy atom. The number of unbranched alkanes of at least 4 members (excludes halogenated alkanes) is 15. The van der Waals surface area contributed by atoms with E-state index >= 15 is 0 Å². The third-order valence-corrected chi connectivity index (χ3v) is 6.98. The van der Waals surface area contributed by atoms with Crippen LogP contribution < -0.4 is 0 Å². The quantitative estimate of drug-likeness (QED) is 0.112. The van der Waals surface area contributed by atoms with Gasteiger partial charge in [0.05, 0.1) is 0 Å². The van der Waals surface area contributed by atoms with Gasteiger partial charge < -0.3 is 10.2 Å². The molecule has 0 saturated carbocycles. The molecule has 0 spiro atoms.